The van der Waals surface area contributed by atoms with E-state index in [1.807, 2.05) is 0 Å². The standard InChI is InChI=1S/C10H9N3O6/c14-10-6-19-2-1-11(10)7-3-8(12(15)16)5-9(4-7)13(17)18/h3-5H,1-2,6H2. The van der Waals surface area contributed by atoms with Gasteiger partial charge in [0.1, 0.15) is 6.61 Å². The SMILES string of the molecule is O=C1COCCN1c1cc([N+](=O)[O-])cc([N+](=O)[O-])c1. The van der Waals surface area contributed by atoms with Gasteiger partial charge in [-0.2, -0.15) is 0 Å². The summed E-state index contributed by atoms with van der Waals surface area (Å²) in [5, 5.41) is 21.5. The Hall–Kier alpha value is -2.55. The summed E-state index contributed by atoms with van der Waals surface area (Å²) >= 11 is 0. The molecule has 9 heteroatoms. The van der Waals surface area contributed by atoms with E-state index >= 15 is 0 Å². The van der Waals surface area contributed by atoms with E-state index in [4.69, 9.17) is 4.74 Å². The number of hydrogen-bond donors (Lipinski definition) is 0. The van der Waals surface area contributed by atoms with Gasteiger partial charge in [-0.25, -0.2) is 0 Å². The van der Waals surface area contributed by atoms with E-state index in [9.17, 15) is 25.0 Å². The summed E-state index contributed by atoms with van der Waals surface area (Å²) in [6.45, 7) is 0.343. The Kier molecular flexibility index (Phi) is 3.38. The van der Waals surface area contributed by atoms with Gasteiger partial charge in [0.05, 0.1) is 28.2 Å². The van der Waals surface area contributed by atoms with Crippen LogP contribution in [0.15, 0.2) is 18.2 Å². The van der Waals surface area contributed by atoms with Crippen LogP contribution >= 0.6 is 0 Å². The minimum atomic E-state index is -0.735. The summed E-state index contributed by atoms with van der Waals surface area (Å²) in [5.41, 5.74) is -0.721. The number of hydrogen-bond acceptors (Lipinski definition) is 6. The zero-order chi connectivity index (χ0) is 14.0. The van der Waals surface area contributed by atoms with Gasteiger partial charge in [0.25, 0.3) is 17.3 Å². The minimum absolute atomic E-state index is 0.134. The van der Waals surface area contributed by atoms with Crippen LogP contribution < -0.4 is 4.90 Å². The van der Waals surface area contributed by atoms with Crippen LogP contribution in [0.5, 0.6) is 0 Å². The lowest BCUT2D eigenvalue weighted by molar-refractivity contribution is -0.394. The van der Waals surface area contributed by atoms with E-state index in [1.54, 1.807) is 0 Å². The first-order chi connectivity index (χ1) is 8.99. The third-order valence-electron chi connectivity index (χ3n) is 2.61. The van der Waals surface area contributed by atoms with E-state index in [0.717, 1.165) is 18.2 Å². The highest BCUT2D eigenvalue weighted by Crippen LogP contribution is 2.29. The molecule has 1 aromatic rings. The molecule has 9 nitrogen and oxygen atoms in total. The lowest BCUT2D eigenvalue weighted by atomic mass is 10.2. The molecule has 0 N–H and O–H groups in total. The number of carbonyl (C=O) groups is 1. The minimum Gasteiger partial charge on any atom is -0.370 e. The fraction of sp³-hybridized carbons (Fsp3) is 0.300. The average molecular weight is 267 g/mol. The Labute approximate surface area is 106 Å². The van der Waals surface area contributed by atoms with Crippen molar-refractivity contribution in [2.45, 2.75) is 0 Å². The molecule has 1 heterocycles. The van der Waals surface area contributed by atoms with Gasteiger partial charge in [-0.1, -0.05) is 0 Å². The number of amides is 1. The van der Waals surface area contributed by atoms with Gasteiger partial charge in [-0.15, -0.1) is 0 Å². The molecule has 0 spiro atoms. The molecule has 0 aromatic heterocycles. The predicted molar refractivity (Wildman–Crippen MR) is 62.9 cm³/mol. The van der Waals surface area contributed by atoms with Crippen LogP contribution in [0.1, 0.15) is 0 Å². The van der Waals surface area contributed by atoms with Gasteiger partial charge in [0.15, 0.2) is 0 Å². The second-order valence-corrected chi connectivity index (χ2v) is 3.82. The summed E-state index contributed by atoms with van der Waals surface area (Å²) in [6.07, 6.45) is 0. The molecule has 0 atom stereocenters. The molecule has 1 amide bonds. The highest BCUT2D eigenvalue weighted by molar-refractivity contribution is 5.95. The number of morpholine rings is 1. The van der Waals surface area contributed by atoms with Crippen molar-refractivity contribution in [2.24, 2.45) is 0 Å². The van der Waals surface area contributed by atoms with Crippen LogP contribution in [0.3, 0.4) is 0 Å². The molecule has 19 heavy (non-hydrogen) atoms. The molecule has 100 valence electrons. The molecular weight excluding hydrogens is 258 g/mol. The second-order valence-electron chi connectivity index (χ2n) is 3.82. The normalized spacial score (nSPS) is 15.4. The number of nitro groups is 2. The maximum absolute atomic E-state index is 11.6. The van der Waals surface area contributed by atoms with Crippen LogP contribution in [0, 0.1) is 20.2 Å². The van der Waals surface area contributed by atoms with Gasteiger partial charge in [-0.3, -0.25) is 25.0 Å². The van der Waals surface area contributed by atoms with Crippen molar-refractivity contribution in [1.29, 1.82) is 0 Å². The van der Waals surface area contributed by atoms with E-state index < -0.39 is 21.2 Å². The molecule has 2 rings (SSSR count). The predicted octanol–water partition coefficient (Wildman–Crippen LogP) is 0.866. The fourth-order valence-electron chi connectivity index (χ4n) is 1.74. The van der Waals surface area contributed by atoms with Gasteiger partial charge >= 0.3 is 0 Å². The van der Waals surface area contributed by atoms with Gasteiger partial charge in [0.2, 0.25) is 0 Å². The topological polar surface area (TPSA) is 116 Å². The lowest BCUT2D eigenvalue weighted by Gasteiger charge is -2.26. The molecule has 1 aliphatic rings. The molecule has 0 radical (unpaired) electrons. The summed E-state index contributed by atoms with van der Waals surface area (Å²) < 4.78 is 4.93. The van der Waals surface area contributed by atoms with E-state index in [2.05, 4.69) is 0 Å². The lowest BCUT2D eigenvalue weighted by Crippen LogP contribution is -2.41. The second kappa shape index (κ2) is 4.98. The molecule has 0 bridgehead atoms. The van der Waals surface area contributed by atoms with Crippen molar-refractivity contribution in [3.63, 3.8) is 0 Å². The Morgan fingerprint density at radius 1 is 1.11 bits per heavy atom. The number of anilines is 1. The summed E-state index contributed by atoms with van der Waals surface area (Å²) in [6, 6.07) is 3.13. The number of nitro benzene ring substituents is 2. The Morgan fingerprint density at radius 2 is 1.68 bits per heavy atom. The van der Waals surface area contributed by atoms with E-state index in [1.165, 1.54) is 4.90 Å². The molecule has 1 saturated heterocycles. The number of benzene rings is 1. The number of non-ortho nitro benzene ring substituents is 2. The highest BCUT2D eigenvalue weighted by Gasteiger charge is 2.25. The van der Waals surface area contributed by atoms with Crippen LogP contribution in [0.2, 0.25) is 0 Å². The van der Waals surface area contributed by atoms with Crippen LogP contribution in [0.4, 0.5) is 17.1 Å². The van der Waals surface area contributed by atoms with Crippen molar-refractivity contribution < 1.29 is 19.4 Å². The maximum atomic E-state index is 11.6. The van der Waals surface area contributed by atoms with Gasteiger partial charge in [-0.05, 0) is 0 Å². The quantitative estimate of drug-likeness (QED) is 0.592. The van der Waals surface area contributed by atoms with Crippen molar-refractivity contribution >= 4 is 23.0 Å². The zero-order valence-electron chi connectivity index (χ0n) is 9.64. The molecule has 0 aliphatic carbocycles. The Bertz CT molecular complexity index is 526. The molecule has 1 aromatic carbocycles. The smallest absolute Gasteiger partial charge is 0.278 e. The monoisotopic (exact) mass is 267 g/mol. The first-order valence-electron chi connectivity index (χ1n) is 5.31. The molecule has 1 aliphatic heterocycles. The van der Waals surface area contributed by atoms with Gasteiger partial charge < -0.3 is 9.64 Å². The third kappa shape index (κ3) is 2.65. The molecular formula is C10H9N3O6. The first kappa shape index (κ1) is 12.9. The van der Waals surface area contributed by atoms with Crippen LogP contribution in [-0.4, -0.2) is 35.5 Å². The summed E-state index contributed by atoms with van der Waals surface area (Å²) in [5.74, 6) is -0.388. The number of carbonyl (C=O) groups excluding carboxylic acids is 1. The highest BCUT2D eigenvalue weighted by atomic mass is 16.6. The number of ether oxygens (including phenoxy) is 1. The van der Waals surface area contributed by atoms with Crippen molar-refractivity contribution in [3.8, 4) is 0 Å². The first-order valence-corrected chi connectivity index (χ1v) is 5.31. The maximum Gasteiger partial charge on any atom is 0.278 e. The van der Waals surface area contributed by atoms with Crippen LogP contribution in [0.25, 0.3) is 0 Å². The van der Waals surface area contributed by atoms with Crippen molar-refractivity contribution in [3.05, 3.63) is 38.4 Å². The zero-order valence-corrected chi connectivity index (χ0v) is 9.64. The fourth-order valence-corrected chi connectivity index (χ4v) is 1.74. The van der Waals surface area contributed by atoms with Crippen molar-refractivity contribution in [2.75, 3.05) is 24.7 Å². The summed E-state index contributed by atoms with van der Waals surface area (Å²) in [7, 11) is 0. The summed E-state index contributed by atoms with van der Waals surface area (Å²) in [4.78, 5) is 32.9. The number of rotatable bonds is 3. The Morgan fingerprint density at radius 3 is 2.16 bits per heavy atom. The van der Waals surface area contributed by atoms with Gasteiger partial charge in [0, 0.05) is 18.7 Å². The van der Waals surface area contributed by atoms with E-state index in [0.29, 0.717) is 0 Å². The number of nitrogens with zero attached hydrogens (tertiary/aromatic N) is 3. The van der Waals surface area contributed by atoms with Crippen molar-refractivity contribution in [1.82, 2.24) is 0 Å². The molecule has 0 saturated carbocycles. The molecule has 1 fully saturated rings. The largest absolute Gasteiger partial charge is 0.370 e. The van der Waals surface area contributed by atoms with E-state index in [-0.39, 0.29) is 31.4 Å². The average Bonchev–Trinajstić information content (AvgIpc) is 2.38. The Balaban J connectivity index is 2.46. The van der Waals surface area contributed by atoms with Crippen LogP contribution in [-0.2, 0) is 9.53 Å². The third-order valence-corrected chi connectivity index (χ3v) is 2.61. The molecule has 0 unspecified atom stereocenters.